The van der Waals surface area contributed by atoms with Crippen LogP contribution in [0.2, 0.25) is 0 Å². The minimum absolute atomic E-state index is 0.113. The van der Waals surface area contributed by atoms with Crippen molar-refractivity contribution in [2.24, 2.45) is 0 Å². The molecule has 0 radical (unpaired) electrons. The van der Waals surface area contributed by atoms with Gasteiger partial charge < -0.3 is 22.9 Å². The Balaban J connectivity index is 2.81. The van der Waals surface area contributed by atoms with Gasteiger partial charge in [0.05, 0.1) is 12.3 Å². The van der Waals surface area contributed by atoms with Crippen molar-refractivity contribution in [1.29, 1.82) is 0 Å². The lowest BCUT2D eigenvalue weighted by atomic mass is 10.3. The van der Waals surface area contributed by atoms with Gasteiger partial charge in [-0.05, 0) is 34.1 Å². The summed E-state index contributed by atoms with van der Waals surface area (Å²) < 4.78 is 23.3. The van der Waals surface area contributed by atoms with Crippen LogP contribution in [0.1, 0.15) is 41.0 Å². The van der Waals surface area contributed by atoms with Crippen LogP contribution in [0.15, 0.2) is 0 Å². The molecule has 142 valence electrons. The number of rotatable bonds is 10. The van der Waals surface area contributed by atoms with Crippen molar-refractivity contribution in [2.75, 3.05) is 52.6 Å². The van der Waals surface area contributed by atoms with E-state index in [-0.39, 0.29) is 11.8 Å². The van der Waals surface area contributed by atoms with Gasteiger partial charge in [0.1, 0.15) is 0 Å². The van der Waals surface area contributed by atoms with Crippen molar-refractivity contribution in [3.8, 4) is 0 Å². The summed E-state index contributed by atoms with van der Waals surface area (Å²) in [6.07, 6.45) is 0.666. The van der Waals surface area contributed by atoms with Crippen molar-refractivity contribution in [3.63, 3.8) is 0 Å². The van der Waals surface area contributed by atoms with Gasteiger partial charge >= 0.3 is 14.9 Å². The van der Waals surface area contributed by atoms with Gasteiger partial charge in [-0.15, -0.1) is 0 Å². The van der Waals surface area contributed by atoms with Crippen molar-refractivity contribution in [3.05, 3.63) is 0 Å². The number of hydrogen-bond acceptors (Lipinski definition) is 6. The van der Waals surface area contributed by atoms with Crippen LogP contribution in [0.5, 0.6) is 0 Å². The zero-order chi connectivity index (χ0) is 18.0. The lowest BCUT2D eigenvalue weighted by Gasteiger charge is -2.44. The molecule has 1 fully saturated rings. The molecular formula is C16H34N2O5Si. The number of piperazine rings is 1. The van der Waals surface area contributed by atoms with Crippen LogP contribution in [0.4, 0.5) is 4.79 Å². The number of hydrogen-bond donors (Lipinski definition) is 0. The zero-order valence-corrected chi connectivity index (χ0v) is 16.9. The first kappa shape index (κ1) is 21.4. The van der Waals surface area contributed by atoms with E-state index in [1.165, 1.54) is 0 Å². The van der Waals surface area contributed by atoms with E-state index in [9.17, 15) is 4.79 Å². The Morgan fingerprint density at radius 1 is 0.875 bits per heavy atom. The molecule has 0 aromatic rings. The molecule has 0 bridgehead atoms. The molecule has 0 spiro atoms. The summed E-state index contributed by atoms with van der Waals surface area (Å²) in [6, 6.07) is 0. The van der Waals surface area contributed by atoms with E-state index >= 15 is 0 Å². The summed E-state index contributed by atoms with van der Waals surface area (Å²) in [4.78, 5) is 16.0. The molecule has 1 aliphatic heterocycles. The van der Waals surface area contributed by atoms with E-state index in [0.29, 0.717) is 39.5 Å². The quantitative estimate of drug-likeness (QED) is 0.555. The molecule has 1 rings (SSSR count). The van der Waals surface area contributed by atoms with Gasteiger partial charge in [-0.3, -0.25) is 4.90 Å². The van der Waals surface area contributed by atoms with Gasteiger partial charge in [-0.2, -0.15) is 0 Å². The number of amides is 1. The van der Waals surface area contributed by atoms with Crippen LogP contribution in [-0.4, -0.2) is 83.0 Å². The first-order valence-corrected chi connectivity index (χ1v) is 11.0. The van der Waals surface area contributed by atoms with Crippen molar-refractivity contribution in [1.82, 2.24) is 9.80 Å². The number of carbonyl (C=O) groups is 1. The molecule has 1 amide bonds. The number of nitrogens with zero attached hydrogens (tertiary/aromatic N) is 2. The van der Waals surface area contributed by atoms with Gasteiger partial charge in [0.2, 0.25) is 0 Å². The van der Waals surface area contributed by atoms with Gasteiger partial charge in [-0.1, -0.05) is 6.92 Å². The summed E-state index contributed by atoms with van der Waals surface area (Å²) in [5.74, 6) is 0. The molecule has 1 saturated heterocycles. The monoisotopic (exact) mass is 362 g/mol. The van der Waals surface area contributed by atoms with Gasteiger partial charge in [-0.25, -0.2) is 4.79 Å². The molecule has 7 nitrogen and oxygen atoms in total. The molecular weight excluding hydrogens is 328 g/mol. The first-order valence-electron chi connectivity index (χ1n) is 9.15. The molecule has 0 aliphatic carbocycles. The van der Waals surface area contributed by atoms with Crippen LogP contribution in [0.25, 0.3) is 0 Å². The first-order chi connectivity index (χ1) is 11.6. The smallest absolute Gasteiger partial charge is 0.450 e. The summed E-state index contributed by atoms with van der Waals surface area (Å²) in [7, 11) is -2.79. The van der Waals surface area contributed by atoms with Gasteiger partial charge in [0.25, 0.3) is 0 Å². The molecule has 0 N–H and O–H groups in total. The van der Waals surface area contributed by atoms with E-state index in [1.54, 1.807) is 4.90 Å². The van der Waals surface area contributed by atoms with Crippen LogP contribution in [-0.2, 0) is 18.0 Å². The zero-order valence-electron chi connectivity index (χ0n) is 15.9. The topological polar surface area (TPSA) is 60.5 Å². The standard InChI is InChI=1S/C16H34N2O5Si/c1-6-15(24(21-8-3,22-9-4)23-10-5)17-11-13-18(14-12-17)16(19)20-7-2/h15H,6-14H2,1-5H3. The average molecular weight is 363 g/mol. The van der Waals surface area contributed by atoms with Crippen molar-refractivity contribution >= 4 is 14.9 Å². The molecule has 0 aromatic carbocycles. The maximum absolute atomic E-state index is 11.9. The summed E-state index contributed by atoms with van der Waals surface area (Å²) in [5.41, 5.74) is 0.113. The fourth-order valence-corrected chi connectivity index (χ4v) is 6.42. The second-order valence-corrected chi connectivity index (χ2v) is 8.29. The predicted molar refractivity (Wildman–Crippen MR) is 94.9 cm³/mol. The molecule has 0 saturated carbocycles. The highest BCUT2D eigenvalue weighted by molar-refractivity contribution is 6.62. The fraction of sp³-hybridized carbons (Fsp3) is 0.938. The Morgan fingerprint density at radius 3 is 1.75 bits per heavy atom. The minimum atomic E-state index is -2.79. The van der Waals surface area contributed by atoms with E-state index in [1.807, 2.05) is 27.7 Å². The second-order valence-electron chi connectivity index (χ2n) is 5.55. The maximum atomic E-state index is 11.9. The van der Waals surface area contributed by atoms with Crippen LogP contribution >= 0.6 is 0 Å². The van der Waals surface area contributed by atoms with Crippen molar-refractivity contribution < 1.29 is 22.8 Å². The Morgan fingerprint density at radius 2 is 1.38 bits per heavy atom. The second kappa shape index (κ2) is 11.0. The van der Waals surface area contributed by atoms with Gasteiger partial charge in [0.15, 0.2) is 0 Å². The minimum Gasteiger partial charge on any atom is -0.450 e. The molecule has 0 aromatic heterocycles. The molecule has 1 heterocycles. The molecule has 1 aliphatic rings. The highest BCUT2D eigenvalue weighted by atomic mass is 28.4. The summed E-state index contributed by atoms with van der Waals surface area (Å²) in [5, 5.41) is 0. The predicted octanol–water partition coefficient (Wildman–Crippen LogP) is 2.13. The largest absolute Gasteiger partial charge is 0.519 e. The molecule has 1 atom stereocenters. The molecule has 8 heteroatoms. The third-order valence-electron chi connectivity index (χ3n) is 4.11. The SMILES string of the molecule is CCOC(=O)N1CCN(C(CC)[Si](OCC)(OCC)OCC)CC1. The van der Waals surface area contributed by atoms with E-state index in [4.69, 9.17) is 18.0 Å². The van der Waals surface area contributed by atoms with E-state index in [2.05, 4.69) is 11.8 Å². The third-order valence-corrected chi connectivity index (χ3v) is 7.78. The lowest BCUT2D eigenvalue weighted by molar-refractivity contribution is 0.0193. The summed E-state index contributed by atoms with van der Waals surface area (Å²) in [6.45, 7) is 14.9. The maximum Gasteiger partial charge on any atom is 0.519 e. The Kier molecular flexibility index (Phi) is 9.83. The molecule has 24 heavy (non-hydrogen) atoms. The number of ether oxygens (including phenoxy) is 1. The van der Waals surface area contributed by atoms with Crippen LogP contribution < -0.4 is 0 Å². The Bertz CT molecular complexity index is 347. The van der Waals surface area contributed by atoms with E-state index < -0.39 is 8.80 Å². The van der Waals surface area contributed by atoms with Crippen LogP contribution in [0.3, 0.4) is 0 Å². The third kappa shape index (κ3) is 5.42. The fourth-order valence-electron chi connectivity index (χ4n) is 3.18. The highest BCUT2D eigenvalue weighted by Crippen LogP contribution is 2.24. The summed E-state index contributed by atoms with van der Waals surface area (Å²) >= 11 is 0. The van der Waals surface area contributed by atoms with Gasteiger partial charge in [0, 0.05) is 46.0 Å². The Hall–Kier alpha value is -0.673. The Labute approximate surface area is 147 Å². The van der Waals surface area contributed by atoms with E-state index in [0.717, 1.165) is 19.5 Å². The van der Waals surface area contributed by atoms with Crippen molar-refractivity contribution in [2.45, 2.75) is 46.7 Å². The molecule has 1 unspecified atom stereocenters. The highest BCUT2D eigenvalue weighted by Gasteiger charge is 2.51. The van der Waals surface area contributed by atoms with Crippen LogP contribution in [0, 0.1) is 0 Å². The normalized spacial score (nSPS) is 17.8. The lowest BCUT2D eigenvalue weighted by Crippen LogP contribution is -2.65. The number of carbonyl (C=O) groups excluding carboxylic acids is 1. The average Bonchev–Trinajstić information content (AvgIpc) is 2.57.